The van der Waals surface area contributed by atoms with Gasteiger partial charge in [0.2, 0.25) is 0 Å². The number of carbonyl (C=O) groups excluding carboxylic acids is 1. The fourth-order valence-corrected chi connectivity index (χ4v) is 1.05. The highest BCUT2D eigenvalue weighted by Gasteiger charge is 2.19. The van der Waals surface area contributed by atoms with Gasteiger partial charge in [-0.25, -0.2) is 4.79 Å². The van der Waals surface area contributed by atoms with Crippen LogP contribution < -0.4 is 0 Å². The molecule has 0 spiro atoms. The van der Waals surface area contributed by atoms with Gasteiger partial charge in [-0.2, -0.15) is 0 Å². The second-order valence-electron chi connectivity index (χ2n) is 3.25. The summed E-state index contributed by atoms with van der Waals surface area (Å²) in [6.07, 6.45) is -1.33. The predicted octanol–water partition coefficient (Wildman–Crippen LogP) is 0.206. The lowest BCUT2D eigenvalue weighted by Gasteiger charge is -2.26. The van der Waals surface area contributed by atoms with Gasteiger partial charge in [0, 0.05) is 12.6 Å². The number of carbonyl (C=O) groups is 1. The summed E-state index contributed by atoms with van der Waals surface area (Å²) in [5.41, 5.74) is 0. The van der Waals surface area contributed by atoms with E-state index in [0.717, 1.165) is 0 Å². The average molecular weight is 205 g/mol. The van der Waals surface area contributed by atoms with Gasteiger partial charge in [0.05, 0.1) is 13.2 Å². The molecule has 0 heterocycles. The Balaban J connectivity index is 4.16. The third-order valence-electron chi connectivity index (χ3n) is 1.87. The summed E-state index contributed by atoms with van der Waals surface area (Å²) >= 11 is 0. The van der Waals surface area contributed by atoms with Crippen molar-refractivity contribution in [2.75, 3.05) is 19.8 Å². The van der Waals surface area contributed by atoms with E-state index < -0.39 is 12.2 Å². The molecule has 5 nitrogen and oxygen atoms in total. The molecule has 0 unspecified atom stereocenters. The second-order valence-corrected chi connectivity index (χ2v) is 3.25. The summed E-state index contributed by atoms with van der Waals surface area (Å²) in [5, 5.41) is 17.4. The van der Waals surface area contributed by atoms with E-state index >= 15 is 0 Å². The van der Waals surface area contributed by atoms with Crippen molar-refractivity contribution >= 4 is 6.09 Å². The minimum absolute atomic E-state index is 0.0468. The Morgan fingerprint density at radius 1 is 1.36 bits per heavy atom. The number of ether oxygens (including phenoxy) is 1. The molecular formula is C9H19NO4. The molecule has 0 atom stereocenters. The smallest absolute Gasteiger partial charge is 0.410 e. The number of amides is 1. The van der Waals surface area contributed by atoms with Crippen LogP contribution in [0.3, 0.4) is 0 Å². The summed E-state index contributed by atoms with van der Waals surface area (Å²) in [5.74, 6) is 0. The highest BCUT2D eigenvalue weighted by molar-refractivity contribution is 5.68. The average Bonchev–Trinajstić information content (AvgIpc) is 2.14. The standard InChI is InChI=1S/C9H19NO4/c1-4-10(7(2)3)9(13)14-8(5-11)6-12/h7-8,11-12H,4-6H2,1-3H3. The van der Waals surface area contributed by atoms with Crippen LogP contribution >= 0.6 is 0 Å². The molecule has 2 N–H and O–H groups in total. The molecule has 0 aliphatic rings. The maximum atomic E-state index is 11.4. The van der Waals surface area contributed by atoms with Crippen molar-refractivity contribution in [3.05, 3.63) is 0 Å². The number of hydrogen-bond acceptors (Lipinski definition) is 4. The zero-order valence-corrected chi connectivity index (χ0v) is 8.93. The molecule has 84 valence electrons. The third kappa shape index (κ3) is 3.93. The van der Waals surface area contributed by atoms with Gasteiger partial charge in [0.25, 0.3) is 0 Å². The maximum absolute atomic E-state index is 11.4. The predicted molar refractivity (Wildman–Crippen MR) is 52.0 cm³/mol. The molecule has 0 bridgehead atoms. The number of nitrogens with zero attached hydrogens (tertiary/aromatic N) is 1. The van der Waals surface area contributed by atoms with E-state index in [0.29, 0.717) is 6.54 Å². The molecule has 0 aliphatic carbocycles. The van der Waals surface area contributed by atoms with E-state index in [1.807, 2.05) is 20.8 Å². The minimum Gasteiger partial charge on any atom is -0.441 e. The van der Waals surface area contributed by atoms with Gasteiger partial charge in [-0.15, -0.1) is 0 Å². The van der Waals surface area contributed by atoms with Gasteiger partial charge in [-0.1, -0.05) is 0 Å². The lowest BCUT2D eigenvalue weighted by atomic mass is 10.3. The SMILES string of the molecule is CCN(C(=O)OC(CO)CO)C(C)C. The van der Waals surface area contributed by atoms with Gasteiger partial charge in [-0.05, 0) is 20.8 Å². The second kappa shape index (κ2) is 6.62. The van der Waals surface area contributed by atoms with Gasteiger partial charge < -0.3 is 19.8 Å². The summed E-state index contributed by atoms with van der Waals surface area (Å²) < 4.78 is 4.85. The number of rotatable bonds is 5. The molecule has 1 amide bonds. The zero-order valence-electron chi connectivity index (χ0n) is 8.93. The topological polar surface area (TPSA) is 70.0 Å². The van der Waals surface area contributed by atoms with E-state index in [-0.39, 0.29) is 19.3 Å². The van der Waals surface area contributed by atoms with E-state index in [9.17, 15) is 4.79 Å². The Labute approximate surface area is 84.3 Å². The molecule has 0 aromatic heterocycles. The molecular weight excluding hydrogens is 186 g/mol. The van der Waals surface area contributed by atoms with Gasteiger partial charge in [0.15, 0.2) is 0 Å². The van der Waals surface area contributed by atoms with E-state index in [1.165, 1.54) is 4.90 Å². The van der Waals surface area contributed by atoms with E-state index in [4.69, 9.17) is 14.9 Å². The Morgan fingerprint density at radius 3 is 2.14 bits per heavy atom. The molecule has 0 aliphatic heterocycles. The first kappa shape index (κ1) is 13.2. The number of aliphatic hydroxyl groups is 2. The lowest BCUT2D eigenvalue weighted by molar-refractivity contribution is 0.00162. The highest BCUT2D eigenvalue weighted by Crippen LogP contribution is 2.03. The van der Waals surface area contributed by atoms with Gasteiger partial charge in [-0.3, -0.25) is 0 Å². The number of hydrogen-bond donors (Lipinski definition) is 2. The van der Waals surface area contributed by atoms with Crippen molar-refractivity contribution in [2.24, 2.45) is 0 Å². The van der Waals surface area contributed by atoms with Crippen molar-refractivity contribution in [3.63, 3.8) is 0 Å². The molecule has 0 rings (SSSR count). The molecule has 0 aromatic carbocycles. The van der Waals surface area contributed by atoms with Crippen molar-refractivity contribution in [1.29, 1.82) is 0 Å². The Morgan fingerprint density at radius 2 is 1.86 bits per heavy atom. The molecule has 5 heteroatoms. The minimum atomic E-state index is -0.824. The van der Waals surface area contributed by atoms with Crippen LogP contribution in [0.25, 0.3) is 0 Å². The van der Waals surface area contributed by atoms with Crippen LogP contribution in [0.5, 0.6) is 0 Å². The first-order chi connectivity index (χ1) is 6.56. The summed E-state index contributed by atoms with van der Waals surface area (Å²) in [4.78, 5) is 12.9. The van der Waals surface area contributed by atoms with Crippen molar-refractivity contribution < 1.29 is 19.7 Å². The van der Waals surface area contributed by atoms with Crippen molar-refractivity contribution in [3.8, 4) is 0 Å². The Bertz CT molecular complexity index is 168. The fourth-order valence-electron chi connectivity index (χ4n) is 1.05. The van der Waals surface area contributed by atoms with Crippen LogP contribution in [0.1, 0.15) is 20.8 Å². The summed E-state index contributed by atoms with van der Waals surface area (Å²) in [7, 11) is 0. The van der Waals surface area contributed by atoms with Crippen LogP contribution in [-0.4, -0.2) is 53.1 Å². The highest BCUT2D eigenvalue weighted by atomic mass is 16.6. The molecule has 0 saturated heterocycles. The molecule has 0 radical (unpaired) electrons. The molecule has 0 saturated carbocycles. The quantitative estimate of drug-likeness (QED) is 0.673. The summed E-state index contributed by atoms with van der Waals surface area (Å²) in [6.45, 7) is 5.40. The molecule has 14 heavy (non-hydrogen) atoms. The Hall–Kier alpha value is -0.810. The third-order valence-corrected chi connectivity index (χ3v) is 1.87. The van der Waals surface area contributed by atoms with E-state index in [2.05, 4.69) is 0 Å². The van der Waals surface area contributed by atoms with Crippen LogP contribution in [0, 0.1) is 0 Å². The van der Waals surface area contributed by atoms with Crippen LogP contribution in [0.15, 0.2) is 0 Å². The van der Waals surface area contributed by atoms with Crippen LogP contribution in [0.2, 0.25) is 0 Å². The fraction of sp³-hybridized carbons (Fsp3) is 0.889. The van der Waals surface area contributed by atoms with Crippen LogP contribution in [0.4, 0.5) is 4.79 Å². The monoisotopic (exact) mass is 205 g/mol. The largest absolute Gasteiger partial charge is 0.441 e. The van der Waals surface area contributed by atoms with Crippen LogP contribution in [-0.2, 0) is 4.74 Å². The maximum Gasteiger partial charge on any atom is 0.410 e. The van der Waals surface area contributed by atoms with Gasteiger partial charge in [0.1, 0.15) is 6.10 Å². The lowest BCUT2D eigenvalue weighted by Crippen LogP contribution is -2.40. The van der Waals surface area contributed by atoms with Crippen molar-refractivity contribution in [2.45, 2.75) is 32.9 Å². The first-order valence-corrected chi connectivity index (χ1v) is 4.75. The zero-order chi connectivity index (χ0) is 11.1. The van der Waals surface area contributed by atoms with Crippen molar-refractivity contribution in [1.82, 2.24) is 4.90 Å². The van der Waals surface area contributed by atoms with Gasteiger partial charge >= 0.3 is 6.09 Å². The number of aliphatic hydroxyl groups excluding tert-OH is 2. The van der Waals surface area contributed by atoms with E-state index in [1.54, 1.807) is 0 Å². The normalized spacial score (nSPS) is 10.8. The first-order valence-electron chi connectivity index (χ1n) is 4.75. The Kier molecular flexibility index (Phi) is 6.23. The summed E-state index contributed by atoms with van der Waals surface area (Å²) in [6, 6.07) is 0.0468. The molecule has 0 fully saturated rings. The molecule has 0 aromatic rings.